The average molecular weight is 173 g/mol. The first-order chi connectivity index (χ1) is 6.38. The Morgan fingerprint density at radius 3 is 2.92 bits per heavy atom. The second-order valence-electron chi connectivity index (χ2n) is 2.33. The fourth-order valence-electron chi connectivity index (χ4n) is 0.912. The Kier molecular flexibility index (Phi) is 3.57. The van der Waals surface area contributed by atoms with Gasteiger partial charge in [0.2, 0.25) is 0 Å². The van der Waals surface area contributed by atoms with E-state index < -0.39 is 0 Å². The van der Waals surface area contributed by atoms with E-state index >= 15 is 0 Å². The molecule has 1 aromatic heterocycles. The van der Waals surface area contributed by atoms with E-state index in [1.165, 1.54) is 6.20 Å². The molecule has 0 spiro atoms. The molecule has 0 aliphatic carbocycles. The van der Waals surface area contributed by atoms with Gasteiger partial charge < -0.3 is 0 Å². The summed E-state index contributed by atoms with van der Waals surface area (Å²) < 4.78 is 0. The number of hydrogen-bond acceptors (Lipinski definition) is 3. The van der Waals surface area contributed by atoms with Crippen LogP contribution in [0.4, 0.5) is 0 Å². The molecule has 0 N–H and O–H groups in total. The van der Waals surface area contributed by atoms with Crippen LogP contribution < -0.4 is 0 Å². The van der Waals surface area contributed by atoms with Gasteiger partial charge >= 0.3 is 0 Å². The van der Waals surface area contributed by atoms with E-state index in [-0.39, 0.29) is 0 Å². The van der Waals surface area contributed by atoms with Crippen molar-refractivity contribution in [2.24, 2.45) is 4.99 Å². The van der Waals surface area contributed by atoms with E-state index in [9.17, 15) is 0 Å². The van der Waals surface area contributed by atoms with Crippen LogP contribution in [0.25, 0.3) is 0 Å². The molecule has 0 atom stereocenters. The quantitative estimate of drug-likeness (QED) is 0.655. The maximum absolute atomic E-state index is 4.11. The lowest BCUT2D eigenvalue weighted by Gasteiger charge is -1.97. The highest BCUT2D eigenvalue weighted by Gasteiger charge is 1.96. The Labute approximate surface area is 77.5 Å². The van der Waals surface area contributed by atoms with Crippen LogP contribution >= 0.6 is 0 Å². The van der Waals surface area contributed by atoms with Gasteiger partial charge in [0.15, 0.2) is 0 Å². The summed E-state index contributed by atoms with van der Waals surface area (Å²) in [7, 11) is 0. The number of aromatic nitrogens is 2. The van der Waals surface area contributed by atoms with Gasteiger partial charge in [-0.25, -0.2) is 0 Å². The molecule has 3 heteroatoms. The summed E-state index contributed by atoms with van der Waals surface area (Å²) >= 11 is 0. The normalized spacial score (nSPS) is 11.9. The van der Waals surface area contributed by atoms with Crippen LogP contribution in [0.2, 0.25) is 0 Å². The first kappa shape index (κ1) is 9.32. The van der Waals surface area contributed by atoms with Crippen LogP contribution in [-0.4, -0.2) is 15.9 Å². The fourth-order valence-corrected chi connectivity index (χ4v) is 0.912. The van der Waals surface area contributed by atoms with Gasteiger partial charge in [-0.3, -0.25) is 4.99 Å². The summed E-state index contributed by atoms with van der Waals surface area (Å²) in [6.07, 6.45) is 8.64. The molecular weight excluding hydrogens is 162 g/mol. The third-order valence-electron chi connectivity index (χ3n) is 1.43. The van der Waals surface area contributed by atoms with Gasteiger partial charge in [-0.15, -0.1) is 0 Å². The zero-order valence-electron chi connectivity index (χ0n) is 7.51. The van der Waals surface area contributed by atoms with Gasteiger partial charge in [-0.1, -0.05) is 12.7 Å². The molecule has 66 valence electrons. The molecule has 0 saturated carbocycles. The molecule has 1 aromatic rings. The number of aliphatic imine (C=N–C) groups is 1. The summed E-state index contributed by atoms with van der Waals surface area (Å²) in [5.74, 6) is 0. The molecule has 13 heavy (non-hydrogen) atoms. The van der Waals surface area contributed by atoms with Crippen molar-refractivity contribution < 1.29 is 0 Å². The molecule has 0 aromatic carbocycles. The molecule has 0 unspecified atom stereocenters. The van der Waals surface area contributed by atoms with E-state index in [4.69, 9.17) is 0 Å². The molecule has 0 bridgehead atoms. The largest absolute Gasteiger partial charge is 0.257 e. The third kappa shape index (κ3) is 2.63. The standard InChI is InChI=1S/C10H11N3/c1-3-5-10(11-4-2)9-6-7-12-13-8-9/h3-8H,2H2,1H3/b5-3-,11-10+. The lowest BCUT2D eigenvalue weighted by Crippen LogP contribution is -1.97. The SMILES string of the molecule is C=C/N=C(\C=C/C)c1ccnnc1. The third-order valence-corrected chi connectivity index (χ3v) is 1.43. The van der Waals surface area contributed by atoms with Crippen LogP contribution in [0.1, 0.15) is 12.5 Å². The van der Waals surface area contributed by atoms with Crippen molar-refractivity contribution in [3.63, 3.8) is 0 Å². The van der Waals surface area contributed by atoms with Crippen molar-refractivity contribution in [2.45, 2.75) is 6.92 Å². The van der Waals surface area contributed by atoms with Crippen LogP contribution in [0.3, 0.4) is 0 Å². The van der Waals surface area contributed by atoms with E-state index in [1.54, 1.807) is 12.4 Å². The zero-order valence-corrected chi connectivity index (χ0v) is 7.51. The molecule has 0 aliphatic rings. The Balaban J connectivity index is 3.03. The summed E-state index contributed by atoms with van der Waals surface area (Å²) in [5, 5.41) is 7.46. The van der Waals surface area contributed by atoms with Gasteiger partial charge in [0.25, 0.3) is 0 Å². The molecule has 0 saturated heterocycles. The second-order valence-corrected chi connectivity index (χ2v) is 2.33. The predicted molar refractivity (Wildman–Crippen MR) is 53.6 cm³/mol. The first-order valence-corrected chi connectivity index (χ1v) is 3.97. The van der Waals surface area contributed by atoms with Crippen LogP contribution in [0, 0.1) is 0 Å². The first-order valence-electron chi connectivity index (χ1n) is 3.97. The van der Waals surface area contributed by atoms with Crippen molar-refractivity contribution in [3.05, 3.63) is 49.0 Å². The van der Waals surface area contributed by atoms with Gasteiger partial charge in [0, 0.05) is 11.8 Å². The smallest absolute Gasteiger partial charge is 0.0715 e. The Morgan fingerprint density at radius 2 is 2.38 bits per heavy atom. The van der Waals surface area contributed by atoms with Crippen molar-refractivity contribution >= 4 is 5.71 Å². The monoisotopic (exact) mass is 173 g/mol. The highest BCUT2D eigenvalue weighted by atomic mass is 15.1. The van der Waals surface area contributed by atoms with E-state index in [2.05, 4.69) is 21.8 Å². The average Bonchev–Trinajstić information content (AvgIpc) is 2.19. The number of allylic oxidation sites excluding steroid dienone is 2. The maximum Gasteiger partial charge on any atom is 0.0715 e. The Hall–Kier alpha value is -1.77. The molecular formula is C10H11N3. The van der Waals surface area contributed by atoms with Crippen LogP contribution in [-0.2, 0) is 0 Å². The number of rotatable bonds is 3. The topological polar surface area (TPSA) is 38.1 Å². The van der Waals surface area contributed by atoms with E-state index in [0.717, 1.165) is 11.3 Å². The Bertz CT molecular complexity index is 325. The van der Waals surface area contributed by atoms with Crippen molar-refractivity contribution in [1.82, 2.24) is 10.2 Å². The molecule has 0 aliphatic heterocycles. The summed E-state index contributed by atoms with van der Waals surface area (Å²) in [4.78, 5) is 4.11. The molecule has 1 rings (SSSR count). The van der Waals surface area contributed by atoms with Crippen LogP contribution in [0.5, 0.6) is 0 Å². The summed E-state index contributed by atoms with van der Waals surface area (Å²) in [6.45, 7) is 5.49. The van der Waals surface area contributed by atoms with Crippen LogP contribution in [0.15, 0.2) is 48.4 Å². The molecule has 0 radical (unpaired) electrons. The van der Waals surface area contributed by atoms with Gasteiger partial charge in [-0.2, -0.15) is 10.2 Å². The highest BCUT2D eigenvalue weighted by molar-refractivity contribution is 6.08. The lowest BCUT2D eigenvalue weighted by atomic mass is 10.2. The predicted octanol–water partition coefficient (Wildman–Crippen LogP) is 1.99. The zero-order chi connectivity index (χ0) is 9.52. The van der Waals surface area contributed by atoms with Gasteiger partial charge in [0.1, 0.15) is 0 Å². The number of hydrogen-bond donors (Lipinski definition) is 0. The maximum atomic E-state index is 4.11. The van der Waals surface area contributed by atoms with Gasteiger partial charge in [0.05, 0.1) is 18.1 Å². The van der Waals surface area contributed by atoms with Gasteiger partial charge in [-0.05, 0) is 19.1 Å². The molecule has 0 amide bonds. The summed E-state index contributed by atoms with van der Waals surface area (Å²) in [6, 6.07) is 1.86. The second kappa shape index (κ2) is 4.98. The minimum Gasteiger partial charge on any atom is -0.257 e. The fraction of sp³-hybridized carbons (Fsp3) is 0.100. The minimum atomic E-state index is 0.840. The summed E-state index contributed by atoms with van der Waals surface area (Å²) in [5.41, 5.74) is 1.78. The molecule has 1 heterocycles. The van der Waals surface area contributed by atoms with E-state index in [0.29, 0.717) is 0 Å². The molecule has 3 nitrogen and oxygen atoms in total. The lowest BCUT2D eigenvalue weighted by molar-refractivity contribution is 1.03. The minimum absolute atomic E-state index is 0.840. The van der Waals surface area contributed by atoms with Crippen molar-refractivity contribution in [3.8, 4) is 0 Å². The van der Waals surface area contributed by atoms with E-state index in [1.807, 2.05) is 25.1 Å². The number of nitrogens with zero attached hydrogens (tertiary/aromatic N) is 3. The van der Waals surface area contributed by atoms with Crippen molar-refractivity contribution in [1.29, 1.82) is 0 Å². The Morgan fingerprint density at radius 1 is 1.54 bits per heavy atom. The highest BCUT2D eigenvalue weighted by Crippen LogP contribution is 1.99. The van der Waals surface area contributed by atoms with Crippen molar-refractivity contribution in [2.75, 3.05) is 0 Å². The molecule has 0 fully saturated rings.